The number of nitrogens with zero attached hydrogens (tertiary/aromatic N) is 2. The number of carbonyl (C=O) groups is 1. The minimum absolute atomic E-state index is 0.295. The van der Waals surface area contributed by atoms with Gasteiger partial charge in [0.05, 0.1) is 5.69 Å². The van der Waals surface area contributed by atoms with Crippen LogP contribution < -0.4 is 10.6 Å². The van der Waals surface area contributed by atoms with Gasteiger partial charge in [0, 0.05) is 37.7 Å². The van der Waals surface area contributed by atoms with E-state index in [1.807, 2.05) is 0 Å². The topological polar surface area (TPSA) is 59.0 Å². The minimum atomic E-state index is -0.425. The van der Waals surface area contributed by atoms with E-state index in [9.17, 15) is 9.18 Å². The van der Waals surface area contributed by atoms with Crippen molar-refractivity contribution in [2.45, 2.75) is 13.0 Å². The Morgan fingerprint density at radius 2 is 2.35 bits per heavy atom. The Balaban J connectivity index is 1.88. The van der Waals surface area contributed by atoms with Crippen LogP contribution in [0, 0.1) is 5.82 Å². The molecule has 0 atom stereocenters. The van der Waals surface area contributed by atoms with Crippen molar-refractivity contribution in [1.82, 2.24) is 15.1 Å². The summed E-state index contributed by atoms with van der Waals surface area (Å²) in [6.45, 7) is 1.57. The molecule has 0 aliphatic carbocycles. The average Bonchev–Trinajstić information content (AvgIpc) is 2.75. The third-order valence-corrected chi connectivity index (χ3v) is 3.39. The normalized spacial score (nSPS) is 13.9. The molecule has 3 rings (SSSR count). The number of fused-ring (bicyclic) bond motifs is 1. The summed E-state index contributed by atoms with van der Waals surface area (Å²) in [5.41, 5.74) is 2.30. The molecule has 5 nitrogen and oxygen atoms in total. The van der Waals surface area contributed by atoms with Gasteiger partial charge < -0.3 is 10.6 Å². The predicted molar refractivity (Wildman–Crippen MR) is 73.0 cm³/mol. The molecular formula is C14H15FN4O. The molecule has 0 fully saturated rings. The molecule has 1 aliphatic rings. The van der Waals surface area contributed by atoms with Crippen LogP contribution in [0.3, 0.4) is 0 Å². The zero-order chi connectivity index (χ0) is 14.1. The first-order valence-corrected chi connectivity index (χ1v) is 6.47. The molecule has 2 aromatic rings. The van der Waals surface area contributed by atoms with Crippen LogP contribution in [0.1, 0.15) is 21.6 Å². The Bertz CT molecular complexity index is 665. The molecule has 2 heterocycles. The number of carbonyl (C=O) groups excluding carboxylic acids is 1. The lowest BCUT2D eigenvalue weighted by Gasteiger charge is -2.13. The van der Waals surface area contributed by atoms with Crippen LogP contribution in [0.15, 0.2) is 24.3 Å². The van der Waals surface area contributed by atoms with Gasteiger partial charge in [0.25, 0.3) is 5.91 Å². The van der Waals surface area contributed by atoms with Crippen LogP contribution in [0.4, 0.5) is 10.2 Å². The van der Waals surface area contributed by atoms with E-state index < -0.39 is 5.82 Å². The number of anilines is 1. The number of amides is 1. The smallest absolute Gasteiger partial charge is 0.256 e. The maximum absolute atomic E-state index is 13.2. The SMILES string of the molecule is Cn1nc2c(c1NC(=O)c1cccc(F)c1)CNCC2. The first-order chi connectivity index (χ1) is 9.65. The number of aryl methyl sites for hydroxylation is 1. The number of rotatable bonds is 2. The number of nitrogens with one attached hydrogen (secondary N) is 2. The van der Waals surface area contributed by atoms with E-state index in [2.05, 4.69) is 15.7 Å². The second kappa shape index (κ2) is 5.05. The van der Waals surface area contributed by atoms with Crippen LogP contribution in [0.25, 0.3) is 0 Å². The summed E-state index contributed by atoms with van der Waals surface area (Å²) in [4.78, 5) is 12.2. The molecule has 0 saturated heterocycles. The summed E-state index contributed by atoms with van der Waals surface area (Å²) in [5.74, 6) is -0.0892. The maximum Gasteiger partial charge on any atom is 0.256 e. The lowest BCUT2D eigenvalue weighted by atomic mass is 10.1. The molecular weight excluding hydrogens is 259 g/mol. The van der Waals surface area contributed by atoms with Gasteiger partial charge in [-0.2, -0.15) is 5.10 Å². The average molecular weight is 274 g/mol. The second-order valence-corrected chi connectivity index (χ2v) is 4.79. The van der Waals surface area contributed by atoms with Crippen molar-refractivity contribution in [2.75, 3.05) is 11.9 Å². The van der Waals surface area contributed by atoms with Gasteiger partial charge in [-0.15, -0.1) is 0 Å². The monoisotopic (exact) mass is 274 g/mol. The van der Waals surface area contributed by atoms with E-state index in [0.717, 1.165) is 24.2 Å². The Kier molecular flexibility index (Phi) is 3.23. The van der Waals surface area contributed by atoms with Crippen LogP contribution in [-0.4, -0.2) is 22.2 Å². The van der Waals surface area contributed by atoms with Crippen molar-refractivity contribution < 1.29 is 9.18 Å². The van der Waals surface area contributed by atoms with Crippen LogP contribution >= 0.6 is 0 Å². The number of hydrogen-bond donors (Lipinski definition) is 2. The van der Waals surface area contributed by atoms with Crippen LogP contribution in [0.5, 0.6) is 0 Å². The van der Waals surface area contributed by atoms with E-state index in [4.69, 9.17) is 0 Å². The zero-order valence-electron chi connectivity index (χ0n) is 11.1. The van der Waals surface area contributed by atoms with Gasteiger partial charge in [-0.05, 0) is 18.2 Å². The Hall–Kier alpha value is -2.21. The molecule has 0 saturated carbocycles. The number of hydrogen-bond acceptors (Lipinski definition) is 3. The lowest BCUT2D eigenvalue weighted by Crippen LogP contribution is -2.24. The molecule has 20 heavy (non-hydrogen) atoms. The lowest BCUT2D eigenvalue weighted by molar-refractivity contribution is 0.102. The molecule has 0 unspecified atom stereocenters. The summed E-state index contributed by atoms with van der Waals surface area (Å²) in [5, 5.41) is 10.5. The third-order valence-electron chi connectivity index (χ3n) is 3.39. The first-order valence-electron chi connectivity index (χ1n) is 6.47. The number of halogens is 1. The van der Waals surface area contributed by atoms with Crippen LogP contribution in [0.2, 0.25) is 0 Å². The summed E-state index contributed by atoms with van der Waals surface area (Å²) >= 11 is 0. The van der Waals surface area contributed by atoms with Gasteiger partial charge in [-0.1, -0.05) is 6.07 Å². The highest BCUT2D eigenvalue weighted by molar-refractivity contribution is 6.04. The molecule has 104 valence electrons. The van der Waals surface area contributed by atoms with E-state index in [0.29, 0.717) is 17.9 Å². The molecule has 1 aromatic heterocycles. The van der Waals surface area contributed by atoms with E-state index in [-0.39, 0.29) is 5.91 Å². The minimum Gasteiger partial charge on any atom is -0.312 e. The first kappa shape index (κ1) is 12.8. The number of benzene rings is 1. The Morgan fingerprint density at radius 3 is 3.15 bits per heavy atom. The summed E-state index contributed by atoms with van der Waals surface area (Å²) in [7, 11) is 1.79. The fourth-order valence-corrected chi connectivity index (χ4v) is 2.40. The Labute approximate surface area is 115 Å². The highest BCUT2D eigenvalue weighted by atomic mass is 19.1. The van der Waals surface area contributed by atoms with Crippen molar-refractivity contribution in [3.63, 3.8) is 0 Å². The molecule has 1 amide bonds. The van der Waals surface area contributed by atoms with Crippen molar-refractivity contribution >= 4 is 11.7 Å². The van der Waals surface area contributed by atoms with E-state index in [1.54, 1.807) is 17.8 Å². The van der Waals surface area contributed by atoms with Gasteiger partial charge in [0.1, 0.15) is 11.6 Å². The molecule has 0 spiro atoms. The fraction of sp³-hybridized carbons (Fsp3) is 0.286. The molecule has 1 aromatic carbocycles. The highest BCUT2D eigenvalue weighted by Gasteiger charge is 2.20. The fourth-order valence-electron chi connectivity index (χ4n) is 2.40. The van der Waals surface area contributed by atoms with E-state index >= 15 is 0 Å². The predicted octanol–water partition coefficient (Wildman–Crippen LogP) is 1.46. The molecule has 2 N–H and O–H groups in total. The zero-order valence-corrected chi connectivity index (χ0v) is 11.1. The van der Waals surface area contributed by atoms with Gasteiger partial charge in [-0.3, -0.25) is 9.48 Å². The van der Waals surface area contributed by atoms with Crippen molar-refractivity contribution in [2.24, 2.45) is 7.05 Å². The second-order valence-electron chi connectivity index (χ2n) is 4.79. The summed E-state index contributed by atoms with van der Waals surface area (Å²) in [6, 6.07) is 5.63. The van der Waals surface area contributed by atoms with Crippen molar-refractivity contribution in [3.8, 4) is 0 Å². The maximum atomic E-state index is 13.2. The van der Waals surface area contributed by atoms with Gasteiger partial charge in [-0.25, -0.2) is 4.39 Å². The van der Waals surface area contributed by atoms with E-state index in [1.165, 1.54) is 18.2 Å². The summed E-state index contributed by atoms with van der Waals surface area (Å²) < 4.78 is 14.8. The van der Waals surface area contributed by atoms with Gasteiger partial charge >= 0.3 is 0 Å². The molecule has 0 bridgehead atoms. The molecule has 6 heteroatoms. The van der Waals surface area contributed by atoms with Crippen molar-refractivity contribution in [3.05, 3.63) is 46.9 Å². The summed E-state index contributed by atoms with van der Waals surface area (Å²) in [6.07, 6.45) is 0.846. The van der Waals surface area contributed by atoms with Crippen molar-refractivity contribution in [1.29, 1.82) is 0 Å². The molecule has 0 radical (unpaired) electrons. The number of aromatic nitrogens is 2. The highest BCUT2D eigenvalue weighted by Crippen LogP contribution is 2.22. The van der Waals surface area contributed by atoms with Gasteiger partial charge in [0.15, 0.2) is 0 Å². The van der Waals surface area contributed by atoms with Crippen LogP contribution in [-0.2, 0) is 20.0 Å². The molecule has 1 aliphatic heterocycles. The third kappa shape index (κ3) is 2.30. The Morgan fingerprint density at radius 1 is 1.50 bits per heavy atom. The largest absolute Gasteiger partial charge is 0.312 e. The standard InChI is InChI=1S/C14H15FN4O/c1-19-13(11-8-16-6-5-12(11)18-19)17-14(20)9-3-2-4-10(15)7-9/h2-4,7,16H,5-6,8H2,1H3,(H,17,20). The van der Waals surface area contributed by atoms with Gasteiger partial charge in [0.2, 0.25) is 0 Å². The quantitative estimate of drug-likeness (QED) is 0.871.